The minimum absolute atomic E-state index is 0.0384. The molecule has 0 aliphatic rings. The van der Waals surface area contributed by atoms with E-state index >= 15 is 0 Å². The highest BCUT2D eigenvalue weighted by Gasteiger charge is 2.16. The van der Waals surface area contributed by atoms with Gasteiger partial charge in [-0.15, -0.1) is 10.2 Å². The monoisotopic (exact) mass is 381 g/mol. The van der Waals surface area contributed by atoms with Gasteiger partial charge in [0.05, 0.1) is 10.8 Å². The first-order valence-electron chi connectivity index (χ1n) is 8.26. The van der Waals surface area contributed by atoms with Gasteiger partial charge in [0.2, 0.25) is 11.1 Å². The largest absolute Gasteiger partial charge is 0.353 e. The first-order chi connectivity index (χ1) is 11.9. The molecule has 25 heavy (non-hydrogen) atoms. The predicted molar refractivity (Wildman–Crippen MR) is 103 cm³/mol. The van der Waals surface area contributed by atoms with Crippen LogP contribution >= 0.6 is 23.4 Å². The molecule has 1 heterocycles. The first-order valence-corrected chi connectivity index (χ1v) is 9.62. The molecule has 1 atom stereocenters. The van der Waals surface area contributed by atoms with E-state index in [1.807, 2.05) is 25.1 Å². The molecule has 3 N–H and O–H groups in total. The van der Waals surface area contributed by atoms with Gasteiger partial charge >= 0.3 is 0 Å². The third-order valence-electron chi connectivity index (χ3n) is 3.70. The highest BCUT2D eigenvalue weighted by atomic mass is 35.5. The van der Waals surface area contributed by atoms with Gasteiger partial charge in [0.15, 0.2) is 5.82 Å². The number of rotatable bonds is 8. The fourth-order valence-electron chi connectivity index (χ4n) is 2.30. The van der Waals surface area contributed by atoms with Crippen LogP contribution in [0.2, 0.25) is 5.02 Å². The number of nitrogens with two attached hydrogens (primary N) is 1. The van der Waals surface area contributed by atoms with Gasteiger partial charge in [0.1, 0.15) is 0 Å². The van der Waals surface area contributed by atoms with E-state index in [4.69, 9.17) is 17.4 Å². The molecule has 0 aliphatic carbocycles. The van der Waals surface area contributed by atoms with E-state index in [-0.39, 0.29) is 17.7 Å². The van der Waals surface area contributed by atoms with Crippen LogP contribution in [0.1, 0.15) is 33.6 Å². The Hall–Kier alpha value is -1.73. The third-order valence-corrected chi connectivity index (χ3v) is 4.97. The molecule has 0 fully saturated rings. The van der Waals surface area contributed by atoms with Gasteiger partial charge in [0, 0.05) is 11.6 Å². The number of aromatic nitrogens is 3. The van der Waals surface area contributed by atoms with E-state index in [1.54, 1.807) is 6.07 Å². The van der Waals surface area contributed by atoms with Crippen molar-refractivity contribution in [3.05, 3.63) is 29.3 Å². The number of hydrogen-bond donors (Lipinski definition) is 2. The molecule has 1 amide bonds. The summed E-state index contributed by atoms with van der Waals surface area (Å²) in [4.78, 5) is 12.1. The van der Waals surface area contributed by atoms with Crippen LogP contribution in [0, 0.1) is 5.92 Å². The molecule has 0 aliphatic heterocycles. The smallest absolute Gasteiger partial charge is 0.230 e. The lowest BCUT2D eigenvalue weighted by Crippen LogP contribution is -2.34. The quantitative estimate of drug-likeness (QED) is 0.541. The molecule has 0 saturated carbocycles. The zero-order valence-electron chi connectivity index (χ0n) is 14.7. The van der Waals surface area contributed by atoms with Gasteiger partial charge in [-0.2, -0.15) is 0 Å². The van der Waals surface area contributed by atoms with Crippen molar-refractivity contribution in [2.75, 3.05) is 11.6 Å². The third kappa shape index (κ3) is 5.64. The van der Waals surface area contributed by atoms with Gasteiger partial charge < -0.3 is 11.2 Å². The Morgan fingerprint density at radius 1 is 1.28 bits per heavy atom. The van der Waals surface area contributed by atoms with Crippen LogP contribution in [0.3, 0.4) is 0 Å². The van der Waals surface area contributed by atoms with Crippen molar-refractivity contribution in [3.63, 3.8) is 0 Å². The van der Waals surface area contributed by atoms with Crippen molar-refractivity contribution in [1.29, 1.82) is 0 Å². The molecule has 1 aromatic heterocycles. The minimum atomic E-state index is -0.0384. The van der Waals surface area contributed by atoms with Crippen LogP contribution in [0.5, 0.6) is 0 Å². The summed E-state index contributed by atoms with van der Waals surface area (Å²) in [6, 6.07) is 7.44. The fourth-order valence-corrected chi connectivity index (χ4v) is 3.19. The molecule has 1 aromatic carbocycles. The number of nitrogen functional groups attached to an aromatic ring is 1. The molecule has 2 rings (SSSR count). The fraction of sp³-hybridized carbons (Fsp3) is 0.471. The molecule has 0 bridgehead atoms. The molecule has 8 heteroatoms. The SMILES string of the molecule is CC(C)CC[C@@H](C)NC(=O)CSc1nnc(-c2ccccc2Cl)n1N. The number of carbonyl (C=O) groups is 1. The number of nitrogens with one attached hydrogen (secondary N) is 1. The van der Waals surface area contributed by atoms with Gasteiger partial charge in [-0.25, -0.2) is 4.68 Å². The van der Waals surface area contributed by atoms with Gasteiger partial charge in [-0.05, 0) is 37.8 Å². The average molecular weight is 382 g/mol. The lowest BCUT2D eigenvalue weighted by molar-refractivity contribution is -0.119. The number of nitrogens with zero attached hydrogens (tertiary/aromatic N) is 3. The number of halogens is 1. The van der Waals surface area contributed by atoms with Crippen LogP contribution in [-0.2, 0) is 4.79 Å². The average Bonchev–Trinajstić information content (AvgIpc) is 2.92. The molecule has 6 nitrogen and oxygen atoms in total. The Labute approximate surface area is 157 Å². The van der Waals surface area contributed by atoms with Crippen LogP contribution in [0.15, 0.2) is 29.4 Å². The number of carbonyl (C=O) groups excluding carboxylic acids is 1. The predicted octanol–water partition coefficient (Wildman–Crippen LogP) is 3.35. The van der Waals surface area contributed by atoms with E-state index in [9.17, 15) is 4.79 Å². The van der Waals surface area contributed by atoms with E-state index in [0.717, 1.165) is 12.8 Å². The van der Waals surface area contributed by atoms with E-state index < -0.39 is 0 Å². The minimum Gasteiger partial charge on any atom is -0.353 e. The summed E-state index contributed by atoms with van der Waals surface area (Å²) in [6.07, 6.45) is 2.06. The molecular weight excluding hydrogens is 358 g/mol. The molecular formula is C17H24ClN5OS. The second-order valence-electron chi connectivity index (χ2n) is 6.38. The van der Waals surface area contributed by atoms with Crippen molar-refractivity contribution >= 4 is 29.3 Å². The van der Waals surface area contributed by atoms with Gasteiger partial charge in [0.25, 0.3) is 0 Å². The number of benzene rings is 1. The lowest BCUT2D eigenvalue weighted by atomic mass is 10.0. The Kier molecular flexibility index (Phi) is 7.13. The topological polar surface area (TPSA) is 85.8 Å². The Balaban J connectivity index is 1.92. The van der Waals surface area contributed by atoms with Crippen molar-refractivity contribution in [2.45, 2.75) is 44.8 Å². The Morgan fingerprint density at radius 3 is 2.68 bits per heavy atom. The maximum atomic E-state index is 12.1. The number of hydrogen-bond acceptors (Lipinski definition) is 5. The van der Waals surface area contributed by atoms with Crippen LogP contribution in [0.25, 0.3) is 11.4 Å². The first kappa shape index (κ1) is 19.6. The molecule has 2 aromatic rings. The summed E-state index contributed by atoms with van der Waals surface area (Å²) in [5.74, 6) is 7.36. The standard InChI is InChI=1S/C17H24ClN5OS/c1-11(2)8-9-12(3)20-15(24)10-25-17-22-21-16(23(17)19)13-6-4-5-7-14(13)18/h4-7,11-12H,8-10,19H2,1-3H3,(H,20,24)/t12-/m1/s1. The molecule has 0 radical (unpaired) electrons. The summed E-state index contributed by atoms with van der Waals surface area (Å²) in [5.41, 5.74) is 0.706. The maximum absolute atomic E-state index is 12.1. The summed E-state index contributed by atoms with van der Waals surface area (Å²) in [7, 11) is 0. The summed E-state index contributed by atoms with van der Waals surface area (Å²) < 4.78 is 1.36. The second-order valence-corrected chi connectivity index (χ2v) is 7.73. The Bertz CT molecular complexity index is 719. The summed E-state index contributed by atoms with van der Waals surface area (Å²) in [6.45, 7) is 6.37. The van der Waals surface area contributed by atoms with E-state index in [1.165, 1.54) is 16.4 Å². The highest BCUT2D eigenvalue weighted by Crippen LogP contribution is 2.27. The van der Waals surface area contributed by atoms with Crippen LogP contribution < -0.4 is 11.2 Å². The zero-order chi connectivity index (χ0) is 18.4. The van der Waals surface area contributed by atoms with Crippen molar-refractivity contribution in [2.24, 2.45) is 5.92 Å². The van der Waals surface area contributed by atoms with Gasteiger partial charge in [-0.3, -0.25) is 4.79 Å². The summed E-state index contributed by atoms with van der Waals surface area (Å²) in [5, 5.41) is 12.2. The van der Waals surface area contributed by atoms with E-state index in [2.05, 4.69) is 29.4 Å². The second kappa shape index (κ2) is 9.10. The number of thioether (sulfide) groups is 1. The molecule has 0 saturated heterocycles. The van der Waals surface area contributed by atoms with Crippen LogP contribution in [0.4, 0.5) is 0 Å². The normalized spacial score (nSPS) is 12.4. The summed E-state index contributed by atoms with van der Waals surface area (Å²) >= 11 is 7.42. The molecule has 136 valence electrons. The number of amides is 1. The van der Waals surface area contributed by atoms with Crippen molar-refractivity contribution < 1.29 is 4.79 Å². The van der Waals surface area contributed by atoms with Crippen LogP contribution in [-0.4, -0.2) is 32.6 Å². The molecule has 0 spiro atoms. The van der Waals surface area contributed by atoms with Gasteiger partial charge in [-0.1, -0.05) is 49.3 Å². The Morgan fingerprint density at radius 2 is 2.00 bits per heavy atom. The lowest BCUT2D eigenvalue weighted by Gasteiger charge is -2.14. The van der Waals surface area contributed by atoms with Crippen molar-refractivity contribution in [1.82, 2.24) is 20.2 Å². The maximum Gasteiger partial charge on any atom is 0.230 e. The zero-order valence-corrected chi connectivity index (χ0v) is 16.3. The van der Waals surface area contributed by atoms with Crippen molar-refractivity contribution in [3.8, 4) is 11.4 Å². The van der Waals surface area contributed by atoms with E-state index in [0.29, 0.717) is 27.5 Å². The highest BCUT2D eigenvalue weighted by molar-refractivity contribution is 7.99. The molecule has 0 unspecified atom stereocenters.